The van der Waals surface area contributed by atoms with Crippen molar-refractivity contribution >= 4 is 21.6 Å². The highest BCUT2D eigenvalue weighted by Crippen LogP contribution is 2.21. The first-order valence-corrected chi connectivity index (χ1v) is 8.47. The fourth-order valence-corrected chi connectivity index (χ4v) is 3.58. The summed E-state index contributed by atoms with van der Waals surface area (Å²) in [5.74, 6) is 0.520. The topological polar surface area (TPSA) is 49.4 Å². The normalized spacial score (nSPS) is 18.1. The van der Waals surface area contributed by atoms with Gasteiger partial charge in [-0.25, -0.2) is 13.1 Å². The van der Waals surface area contributed by atoms with Crippen molar-refractivity contribution in [2.24, 2.45) is 0 Å². The Labute approximate surface area is 110 Å². The Morgan fingerprint density at radius 1 is 1.35 bits per heavy atom. The van der Waals surface area contributed by atoms with Gasteiger partial charge in [-0.1, -0.05) is 12.8 Å². The molecule has 0 aromatic rings. The molecule has 1 aliphatic carbocycles. The minimum Gasteiger partial charge on any atom is -0.302 e. The van der Waals surface area contributed by atoms with Crippen molar-refractivity contribution in [3.63, 3.8) is 0 Å². The van der Waals surface area contributed by atoms with Crippen LogP contribution < -0.4 is 4.72 Å². The van der Waals surface area contributed by atoms with E-state index in [1.165, 1.54) is 25.7 Å². The quantitative estimate of drug-likeness (QED) is 0.685. The third kappa shape index (κ3) is 6.04. The standard InChI is InChI=1S/C11H23ClN2O2S/c1-14(11-5-2-3-6-11)9-8-13-17(15,16)10-4-7-12/h11,13H,2-10H2,1H3. The van der Waals surface area contributed by atoms with Crippen LogP contribution in [0.3, 0.4) is 0 Å². The van der Waals surface area contributed by atoms with Crippen molar-refractivity contribution in [3.8, 4) is 0 Å². The highest BCUT2D eigenvalue weighted by Gasteiger charge is 2.19. The molecule has 0 heterocycles. The largest absolute Gasteiger partial charge is 0.302 e. The predicted molar refractivity (Wildman–Crippen MR) is 72.0 cm³/mol. The maximum atomic E-state index is 11.5. The maximum absolute atomic E-state index is 11.5. The first kappa shape index (κ1) is 15.2. The van der Waals surface area contributed by atoms with Crippen LogP contribution >= 0.6 is 11.6 Å². The number of alkyl halides is 1. The Hall–Kier alpha value is 0.160. The lowest BCUT2D eigenvalue weighted by molar-refractivity contribution is 0.250. The number of nitrogens with one attached hydrogen (secondary N) is 1. The molecule has 1 fully saturated rings. The van der Waals surface area contributed by atoms with E-state index in [0.717, 1.165) is 6.54 Å². The Balaban J connectivity index is 2.17. The molecule has 102 valence electrons. The molecular formula is C11H23ClN2O2S. The summed E-state index contributed by atoms with van der Waals surface area (Å²) in [6.45, 7) is 1.28. The summed E-state index contributed by atoms with van der Waals surface area (Å²) in [6.07, 6.45) is 5.60. The maximum Gasteiger partial charge on any atom is 0.211 e. The summed E-state index contributed by atoms with van der Waals surface area (Å²) in [5.41, 5.74) is 0. The second kappa shape index (κ2) is 7.56. The summed E-state index contributed by atoms with van der Waals surface area (Å²) in [4.78, 5) is 2.26. The van der Waals surface area contributed by atoms with Crippen molar-refractivity contribution in [2.75, 3.05) is 31.8 Å². The second-order valence-corrected chi connectivity index (χ2v) is 6.98. The van der Waals surface area contributed by atoms with Gasteiger partial charge < -0.3 is 4.90 Å². The van der Waals surface area contributed by atoms with Gasteiger partial charge in [-0.3, -0.25) is 0 Å². The predicted octanol–water partition coefficient (Wildman–Crippen LogP) is 1.41. The van der Waals surface area contributed by atoms with Gasteiger partial charge in [0.25, 0.3) is 0 Å². The first-order valence-electron chi connectivity index (χ1n) is 6.29. The van der Waals surface area contributed by atoms with Gasteiger partial charge >= 0.3 is 0 Å². The first-order chi connectivity index (χ1) is 8.05. The summed E-state index contributed by atoms with van der Waals surface area (Å²) in [5, 5.41) is 0. The van der Waals surface area contributed by atoms with E-state index >= 15 is 0 Å². The van der Waals surface area contributed by atoms with Gasteiger partial charge in [0.15, 0.2) is 0 Å². The molecule has 1 rings (SSSR count). The molecule has 6 heteroatoms. The van der Waals surface area contributed by atoms with E-state index in [2.05, 4.69) is 16.7 Å². The summed E-state index contributed by atoms with van der Waals surface area (Å²) in [7, 11) is -1.05. The van der Waals surface area contributed by atoms with Gasteiger partial charge in [0.05, 0.1) is 5.75 Å². The van der Waals surface area contributed by atoms with Crippen LogP contribution in [0.1, 0.15) is 32.1 Å². The molecule has 0 unspecified atom stereocenters. The van der Waals surface area contributed by atoms with Crippen LogP contribution in [0.15, 0.2) is 0 Å². The lowest BCUT2D eigenvalue weighted by Crippen LogP contribution is -2.38. The molecule has 4 nitrogen and oxygen atoms in total. The second-order valence-electron chi connectivity index (χ2n) is 4.67. The summed E-state index contributed by atoms with van der Waals surface area (Å²) >= 11 is 5.48. The Morgan fingerprint density at radius 3 is 2.59 bits per heavy atom. The van der Waals surface area contributed by atoms with Gasteiger partial charge in [0.2, 0.25) is 10.0 Å². The monoisotopic (exact) mass is 282 g/mol. The molecule has 0 atom stereocenters. The van der Waals surface area contributed by atoms with Crippen molar-refractivity contribution in [1.29, 1.82) is 0 Å². The zero-order chi connectivity index (χ0) is 12.7. The molecule has 0 spiro atoms. The van der Waals surface area contributed by atoms with Crippen molar-refractivity contribution in [1.82, 2.24) is 9.62 Å². The van der Waals surface area contributed by atoms with E-state index in [1.807, 2.05) is 0 Å². The Bertz CT molecular complexity index is 303. The molecule has 0 aromatic carbocycles. The van der Waals surface area contributed by atoms with Gasteiger partial charge in [-0.2, -0.15) is 0 Å². The molecule has 0 aromatic heterocycles. The molecular weight excluding hydrogens is 260 g/mol. The number of rotatable bonds is 8. The van der Waals surface area contributed by atoms with Crippen molar-refractivity contribution in [3.05, 3.63) is 0 Å². The van der Waals surface area contributed by atoms with Crippen LogP contribution in [0.4, 0.5) is 0 Å². The van der Waals surface area contributed by atoms with E-state index < -0.39 is 10.0 Å². The molecule has 0 amide bonds. The van der Waals surface area contributed by atoms with Gasteiger partial charge in [0.1, 0.15) is 0 Å². The van der Waals surface area contributed by atoms with Crippen molar-refractivity contribution in [2.45, 2.75) is 38.1 Å². The number of hydrogen-bond donors (Lipinski definition) is 1. The highest BCUT2D eigenvalue weighted by atomic mass is 35.5. The van der Waals surface area contributed by atoms with E-state index in [4.69, 9.17) is 11.6 Å². The fourth-order valence-electron chi connectivity index (χ4n) is 2.22. The Morgan fingerprint density at radius 2 is 2.00 bits per heavy atom. The molecule has 1 aliphatic rings. The minimum absolute atomic E-state index is 0.129. The average Bonchev–Trinajstić information content (AvgIpc) is 2.79. The van der Waals surface area contributed by atoms with Crippen LogP contribution in [-0.2, 0) is 10.0 Å². The number of sulfonamides is 1. The number of hydrogen-bond acceptors (Lipinski definition) is 3. The molecule has 0 bridgehead atoms. The highest BCUT2D eigenvalue weighted by molar-refractivity contribution is 7.89. The molecule has 17 heavy (non-hydrogen) atoms. The van der Waals surface area contributed by atoms with E-state index in [0.29, 0.717) is 24.9 Å². The zero-order valence-electron chi connectivity index (χ0n) is 10.5. The number of likely N-dealkylation sites (N-methyl/N-ethyl adjacent to an activating group) is 1. The Kier molecular flexibility index (Phi) is 6.77. The summed E-state index contributed by atoms with van der Waals surface area (Å²) < 4.78 is 25.6. The van der Waals surface area contributed by atoms with E-state index in [9.17, 15) is 8.42 Å². The fraction of sp³-hybridized carbons (Fsp3) is 1.00. The van der Waals surface area contributed by atoms with Crippen LogP contribution in [0.2, 0.25) is 0 Å². The van der Waals surface area contributed by atoms with Crippen LogP contribution in [-0.4, -0.2) is 51.1 Å². The number of nitrogens with zero attached hydrogens (tertiary/aromatic N) is 1. The minimum atomic E-state index is -3.12. The third-order valence-electron chi connectivity index (χ3n) is 3.28. The van der Waals surface area contributed by atoms with Crippen LogP contribution in [0.25, 0.3) is 0 Å². The lowest BCUT2D eigenvalue weighted by Gasteiger charge is -2.23. The summed E-state index contributed by atoms with van der Waals surface area (Å²) in [6, 6.07) is 0.641. The van der Waals surface area contributed by atoms with Crippen LogP contribution in [0.5, 0.6) is 0 Å². The lowest BCUT2D eigenvalue weighted by atomic mass is 10.2. The molecule has 0 aliphatic heterocycles. The molecule has 0 radical (unpaired) electrons. The smallest absolute Gasteiger partial charge is 0.211 e. The van der Waals surface area contributed by atoms with Crippen molar-refractivity contribution < 1.29 is 8.42 Å². The SMILES string of the molecule is CN(CCNS(=O)(=O)CCCCl)C1CCCC1. The zero-order valence-corrected chi connectivity index (χ0v) is 12.1. The van der Waals surface area contributed by atoms with E-state index in [-0.39, 0.29) is 5.75 Å². The van der Waals surface area contributed by atoms with Gasteiger partial charge in [0, 0.05) is 25.0 Å². The average molecular weight is 283 g/mol. The molecule has 0 saturated heterocycles. The van der Waals surface area contributed by atoms with Crippen LogP contribution in [0, 0.1) is 0 Å². The van der Waals surface area contributed by atoms with Gasteiger partial charge in [-0.15, -0.1) is 11.6 Å². The van der Waals surface area contributed by atoms with E-state index in [1.54, 1.807) is 0 Å². The number of halogens is 1. The third-order valence-corrected chi connectivity index (χ3v) is 5.02. The molecule has 1 N–H and O–H groups in total. The molecule has 1 saturated carbocycles. The van der Waals surface area contributed by atoms with Gasteiger partial charge in [-0.05, 0) is 26.3 Å².